The number of rotatable bonds is 3. The fourth-order valence-electron chi connectivity index (χ4n) is 1.70. The van der Waals surface area contributed by atoms with Gasteiger partial charge in [0, 0.05) is 6.61 Å². The van der Waals surface area contributed by atoms with E-state index in [1.807, 2.05) is 0 Å². The molecule has 0 aliphatic carbocycles. The standard InChI is InChI=1S/C10H14N2O3S/c1-2-14-9(13)8-7(12-10(11)16-8)6-4-3-5-15-6/h6H,2-5H2,1H3,(H2,11,12). The van der Waals surface area contributed by atoms with Crippen molar-refractivity contribution in [2.24, 2.45) is 0 Å². The SMILES string of the molecule is CCOC(=O)c1sc(N)nc1C1CCCO1. The molecule has 0 radical (unpaired) electrons. The first-order valence-corrected chi connectivity index (χ1v) is 6.09. The summed E-state index contributed by atoms with van der Waals surface area (Å²) in [5.41, 5.74) is 6.26. The highest BCUT2D eigenvalue weighted by Crippen LogP contribution is 2.34. The van der Waals surface area contributed by atoms with E-state index in [-0.39, 0.29) is 12.1 Å². The average molecular weight is 242 g/mol. The monoisotopic (exact) mass is 242 g/mol. The first-order chi connectivity index (χ1) is 7.72. The Hall–Kier alpha value is -1.14. The van der Waals surface area contributed by atoms with Crippen LogP contribution in [0.25, 0.3) is 0 Å². The lowest BCUT2D eigenvalue weighted by molar-refractivity contribution is 0.0519. The van der Waals surface area contributed by atoms with Gasteiger partial charge in [-0.3, -0.25) is 0 Å². The zero-order chi connectivity index (χ0) is 11.5. The highest BCUT2D eigenvalue weighted by atomic mass is 32.1. The second-order valence-electron chi connectivity index (χ2n) is 3.49. The molecule has 2 rings (SSSR count). The molecule has 1 fully saturated rings. The maximum absolute atomic E-state index is 11.7. The van der Waals surface area contributed by atoms with Crippen molar-refractivity contribution < 1.29 is 14.3 Å². The van der Waals surface area contributed by atoms with Crippen molar-refractivity contribution >= 4 is 22.4 Å². The van der Waals surface area contributed by atoms with Crippen LogP contribution in [0.1, 0.15) is 41.2 Å². The molecule has 0 aromatic carbocycles. The van der Waals surface area contributed by atoms with E-state index < -0.39 is 0 Å². The van der Waals surface area contributed by atoms with Crippen LogP contribution in [0.2, 0.25) is 0 Å². The number of hydrogen-bond donors (Lipinski definition) is 1. The van der Waals surface area contributed by atoms with Crippen molar-refractivity contribution in [1.29, 1.82) is 0 Å². The molecule has 6 heteroatoms. The van der Waals surface area contributed by atoms with Crippen molar-refractivity contribution in [3.05, 3.63) is 10.6 Å². The molecule has 1 atom stereocenters. The van der Waals surface area contributed by atoms with Crippen LogP contribution in [0.5, 0.6) is 0 Å². The summed E-state index contributed by atoms with van der Waals surface area (Å²) in [4.78, 5) is 16.3. The van der Waals surface area contributed by atoms with Gasteiger partial charge in [0.05, 0.1) is 12.3 Å². The Morgan fingerprint density at radius 1 is 1.75 bits per heavy atom. The summed E-state index contributed by atoms with van der Waals surface area (Å²) in [6, 6.07) is 0. The molecule has 1 saturated heterocycles. The van der Waals surface area contributed by atoms with Crippen LogP contribution in [0.4, 0.5) is 5.13 Å². The molecule has 1 aliphatic heterocycles. The van der Waals surface area contributed by atoms with E-state index in [1.54, 1.807) is 6.92 Å². The lowest BCUT2D eigenvalue weighted by atomic mass is 10.1. The number of esters is 1. The van der Waals surface area contributed by atoms with Crippen molar-refractivity contribution in [3.8, 4) is 0 Å². The van der Waals surface area contributed by atoms with E-state index >= 15 is 0 Å². The molecule has 2 N–H and O–H groups in total. The van der Waals surface area contributed by atoms with Gasteiger partial charge >= 0.3 is 5.97 Å². The van der Waals surface area contributed by atoms with Gasteiger partial charge in [-0.2, -0.15) is 0 Å². The summed E-state index contributed by atoms with van der Waals surface area (Å²) in [6.07, 6.45) is 1.77. The van der Waals surface area contributed by atoms with Gasteiger partial charge in [0.15, 0.2) is 5.13 Å². The zero-order valence-electron chi connectivity index (χ0n) is 9.06. The smallest absolute Gasteiger partial charge is 0.350 e. The lowest BCUT2D eigenvalue weighted by Crippen LogP contribution is -2.08. The van der Waals surface area contributed by atoms with Crippen LogP contribution in [-0.2, 0) is 9.47 Å². The second-order valence-corrected chi connectivity index (χ2v) is 4.52. The van der Waals surface area contributed by atoms with E-state index in [2.05, 4.69) is 4.98 Å². The number of ether oxygens (including phenoxy) is 2. The Kier molecular flexibility index (Phi) is 3.40. The first kappa shape index (κ1) is 11.3. The van der Waals surface area contributed by atoms with Gasteiger partial charge in [-0.1, -0.05) is 11.3 Å². The Morgan fingerprint density at radius 3 is 3.19 bits per heavy atom. The highest BCUT2D eigenvalue weighted by Gasteiger charge is 2.28. The van der Waals surface area contributed by atoms with Gasteiger partial charge in [-0.05, 0) is 19.8 Å². The topological polar surface area (TPSA) is 74.4 Å². The van der Waals surface area contributed by atoms with Gasteiger partial charge in [-0.15, -0.1) is 0 Å². The third-order valence-electron chi connectivity index (χ3n) is 2.37. The van der Waals surface area contributed by atoms with Crippen LogP contribution >= 0.6 is 11.3 Å². The first-order valence-electron chi connectivity index (χ1n) is 5.27. The van der Waals surface area contributed by atoms with E-state index in [9.17, 15) is 4.79 Å². The van der Waals surface area contributed by atoms with E-state index in [1.165, 1.54) is 0 Å². The number of thiazole rings is 1. The fourth-order valence-corrected chi connectivity index (χ4v) is 2.48. The van der Waals surface area contributed by atoms with Crippen LogP contribution < -0.4 is 5.73 Å². The van der Waals surface area contributed by atoms with Crippen LogP contribution in [-0.4, -0.2) is 24.2 Å². The third-order valence-corrected chi connectivity index (χ3v) is 3.25. The largest absolute Gasteiger partial charge is 0.462 e. The molecule has 1 aliphatic rings. The Labute approximate surface area is 97.6 Å². The van der Waals surface area contributed by atoms with Crippen molar-refractivity contribution in [3.63, 3.8) is 0 Å². The summed E-state index contributed by atoms with van der Waals surface area (Å²) in [5, 5.41) is 0.383. The molecule has 5 nitrogen and oxygen atoms in total. The fraction of sp³-hybridized carbons (Fsp3) is 0.600. The molecule has 0 spiro atoms. The van der Waals surface area contributed by atoms with Gasteiger partial charge < -0.3 is 15.2 Å². The van der Waals surface area contributed by atoms with Crippen LogP contribution in [0.3, 0.4) is 0 Å². The van der Waals surface area contributed by atoms with E-state index in [0.717, 1.165) is 24.2 Å². The molecule has 2 heterocycles. The van der Waals surface area contributed by atoms with Crippen LogP contribution in [0, 0.1) is 0 Å². The number of aromatic nitrogens is 1. The number of nitrogens with two attached hydrogens (primary N) is 1. The molecule has 0 amide bonds. The normalized spacial score (nSPS) is 19.9. The predicted molar refractivity (Wildman–Crippen MR) is 60.4 cm³/mol. The molecular formula is C10H14N2O3S. The van der Waals surface area contributed by atoms with Gasteiger partial charge in [-0.25, -0.2) is 9.78 Å². The highest BCUT2D eigenvalue weighted by molar-refractivity contribution is 7.17. The summed E-state index contributed by atoms with van der Waals surface area (Å²) in [5.74, 6) is -0.359. The second kappa shape index (κ2) is 4.80. The Balaban J connectivity index is 2.25. The molecular weight excluding hydrogens is 228 g/mol. The molecule has 0 saturated carbocycles. The molecule has 1 aromatic heterocycles. The number of hydrogen-bond acceptors (Lipinski definition) is 6. The van der Waals surface area contributed by atoms with E-state index in [0.29, 0.717) is 28.9 Å². The molecule has 16 heavy (non-hydrogen) atoms. The van der Waals surface area contributed by atoms with E-state index in [4.69, 9.17) is 15.2 Å². The minimum atomic E-state index is -0.359. The Bertz CT molecular complexity index is 385. The van der Waals surface area contributed by atoms with Crippen molar-refractivity contribution in [1.82, 2.24) is 4.98 Å². The molecule has 1 unspecified atom stereocenters. The third kappa shape index (κ3) is 2.17. The molecule has 88 valence electrons. The maximum Gasteiger partial charge on any atom is 0.350 e. The zero-order valence-corrected chi connectivity index (χ0v) is 9.88. The van der Waals surface area contributed by atoms with Gasteiger partial charge in [0.1, 0.15) is 11.0 Å². The number of anilines is 1. The van der Waals surface area contributed by atoms with Crippen molar-refractivity contribution in [2.75, 3.05) is 18.9 Å². The molecule has 0 bridgehead atoms. The number of nitrogens with zero attached hydrogens (tertiary/aromatic N) is 1. The predicted octanol–water partition coefficient (Wildman–Crippen LogP) is 1.75. The number of nitrogen functional groups attached to an aromatic ring is 1. The van der Waals surface area contributed by atoms with Gasteiger partial charge in [0.2, 0.25) is 0 Å². The maximum atomic E-state index is 11.7. The number of carbonyl (C=O) groups is 1. The Morgan fingerprint density at radius 2 is 2.56 bits per heavy atom. The van der Waals surface area contributed by atoms with Gasteiger partial charge in [0.25, 0.3) is 0 Å². The lowest BCUT2D eigenvalue weighted by Gasteiger charge is -2.07. The van der Waals surface area contributed by atoms with Crippen LogP contribution in [0.15, 0.2) is 0 Å². The number of carbonyl (C=O) groups excluding carboxylic acids is 1. The minimum Gasteiger partial charge on any atom is -0.462 e. The summed E-state index contributed by atoms with van der Waals surface area (Å²) >= 11 is 1.16. The summed E-state index contributed by atoms with van der Waals surface area (Å²) < 4.78 is 10.5. The minimum absolute atomic E-state index is 0.104. The average Bonchev–Trinajstić information content (AvgIpc) is 2.85. The summed E-state index contributed by atoms with van der Waals surface area (Å²) in [7, 11) is 0. The van der Waals surface area contributed by atoms with Crippen molar-refractivity contribution in [2.45, 2.75) is 25.9 Å². The quantitative estimate of drug-likeness (QED) is 0.817. The summed E-state index contributed by atoms with van der Waals surface area (Å²) in [6.45, 7) is 2.83. The molecule has 1 aromatic rings.